The van der Waals surface area contributed by atoms with E-state index >= 15 is 0 Å². The Morgan fingerprint density at radius 3 is 2.32 bits per heavy atom. The largest absolute Gasteiger partial charge is 0.483 e. The Morgan fingerprint density at radius 2 is 1.71 bits per heavy atom. The highest BCUT2D eigenvalue weighted by Gasteiger charge is 2.30. The molecule has 0 bridgehead atoms. The maximum Gasteiger partial charge on any atom is 0.261 e. The summed E-state index contributed by atoms with van der Waals surface area (Å²) in [7, 11) is 0. The fraction of sp³-hybridized carbons (Fsp3) is 0.462. The van der Waals surface area contributed by atoms with Crippen LogP contribution in [0.2, 0.25) is 0 Å². The number of nitrogens with one attached hydrogen (secondary N) is 1. The highest BCUT2D eigenvalue weighted by Crippen LogP contribution is 2.21. The van der Waals surface area contributed by atoms with Crippen molar-refractivity contribution in [2.45, 2.75) is 66.0 Å². The molecule has 0 spiro atoms. The minimum atomic E-state index is -0.544. The topological polar surface area (TPSA) is 58.6 Å². The summed E-state index contributed by atoms with van der Waals surface area (Å²) in [6, 6.07) is 15.3. The van der Waals surface area contributed by atoms with Crippen LogP contribution in [0.1, 0.15) is 50.8 Å². The number of amides is 2. The number of benzene rings is 2. The normalized spacial score (nSPS) is 12.2. The number of aryl methyl sites for hydroxylation is 1. The summed E-state index contributed by atoms with van der Waals surface area (Å²) in [5.41, 5.74) is 2.89. The van der Waals surface area contributed by atoms with Gasteiger partial charge >= 0.3 is 0 Å². The van der Waals surface area contributed by atoms with E-state index in [2.05, 4.69) is 5.32 Å². The molecule has 2 rings (SSSR count). The second-order valence-electron chi connectivity index (χ2n) is 8.97. The van der Waals surface area contributed by atoms with E-state index in [0.29, 0.717) is 25.1 Å². The molecule has 0 aliphatic heterocycles. The lowest BCUT2D eigenvalue weighted by atomic mass is 10.1. The van der Waals surface area contributed by atoms with Crippen molar-refractivity contribution in [3.05, 3.63) is 65.2 Å². The molecule has 2 amide bonds. The van der Waals surface area contributed by atoms with Crippen LogP contribution in [0.5, 0.6) is 5.75 Å². The van der Waals surface area contributed by atoms with Gasteiger partial charge in [0.25, 0.3) is 5.91 Å². The maximum atomic E-state index is 13.2. The second kappa shape index (κ2) is 11.0. The summed E-state index contributed by atoms with van der Waals surface area (Å²) in [5.74, 6) is 0.374. The molecule has 0 aromatic heterocycles. The molecule has 5 heteroatoms. The molecule has 31 heavy (non-hydrogen) atoms. The number of rotatable bonds is 9. The lowest BCUT2D eigenvalue weighted by Crippen LogP contribution is -2.54. The summed E-state index contributed by atoms with van der Waals surface area (Å²) < 4.78 is 5.86. The van der Waals surface area contributed by atoms with Gasteiger partial charge in [-0.2, -0.15) is 0 Å². The predicted octanol–water partition coefficient (Wildman–Crippen LogP) is 4.45. The Labute approximate surface area is 186 Å². The van der Waals surface area contributed by atoms with Crippen molar-refractivity contribution in [2.24, 2.45) is 0 Å². The van der Waals surface area contributed by atoms with Gasteiger partial charge < -0.3 is 15.0 Å². The van der Waals surface area contributed by atoms with Gasteiger partial charge in [-0.3, -0.25) is 9.59 Å². The van der Waals surface area contributed by atoms with Crippen LogP contribution in [0, 0.1) is 13.8 Å². The van der Waals surface area contributed by atoms with Gasteiger partial charge in [0.2, 0.25) is 5.91 Å². The molecule has 0 heterocycles. The third kappa shape index (κ3) is 7.42. The molecule has 0 saturated heterocycles. The number of hydrogen-bond acceptors (Lipinski definition) is 3. The monoisotopic (exact) mass is 424 g/mol. The van der Waals surface area contributed by atoms with Gasteiger partial charge in [0.15, 0.2) is 6.61 Å². The molecule has 0 saturated carbocycles. The van der Waals surface area contributed by atoms with E-state index in [1.165, 1.54) is 0 Å². The first-order chi connectivity index (χ1) is 14.6. The predicted molar refractivity (Wildman–Crippen MR) is 125 cm³/mol. The number of carbonyl (C=O) groups excluding carboxylic acids is 2. The summed E-state index contributed by atoms with van der Waals surface area (Å²) in [6.07, 6.45) is 1.21. The SMILES string of the molecule is CCC(C(=O)NC(C)(C)C)N(CCc1ccccc1)C(=O)COc1cccc(C)c1C. The Bertz CT molecular complexity index is 872. The maximum absolute atomic E-state index is 13.2. The van der Waals surface area contributed by atoms with E-state index < -0.39 is 6.04 Å². The van der Waals surface area contributed by atoms with Gasteiger partial charge in [-0.15, -0.1) is 0 Å². The number of nitrogens with zero attached hydrogens (tertiary/aromatic N) is 1. The molecule has 1 atom stereocenters. The first-order valence-corrected chi connectivity index (χ1v) is 11.0. The van der Waals surface area contributed by atoms with Crippen molar-refractivity contribution < 1.29 is 14.3 Å². The van der Waals surface area contributed by atoms with Crippen molar-refractivity contribution in [2.75, 3.05) is 13.2 Å². The Balaban J connectivity index is 2.18. The molecule has 0 aliphatic carbocycles. The quantitative estimate of drug-likeness (QED) is 0.647. The summed E-state index contributed by atoms with van der Waals surface area (Å²) in [6.45, 7) is 12.1. The van der Waals surface area contributed by atoms with Gasteiger partial charge in [0, 0.05) is 12.1 Å². The number of ether oxygens (including phenoxy) is 1. The van der Waals surface area contributed by atoms with Crippen molar-refractivity contribution in [1.82, 2.24) is 10.2 Å². The first kappa shape index (κ1) is 24.4. The van der Waals surface area contributed by atoms with Gasteiger partial charge in [-0.1, -0.05) is 49.4 Å². The molecule has 5 nitrogen and oxygen atoms in total. The highest BCUT2D eigenvalue weighted by molar-refractivity contribution is 5.88. The van der Waals surface area contributed by atoms with Gasteiger partial charge in [0.05, 0.1) is 0 Å². The van der Waals surface area contributed by atoms with Crippen LogP contribution in [0.3, 0.4) is 0 Å². The first-order valence-electron chi connectivity index (χ1n) is 11.0. The molecular weight excluding hydrogens is 388 g/mol. The van der Waals surface area contributed by atoms with Crippen LogP contribution in [0.25, 0.3) is 0 Å². The van der Waals surface area contributed by atoms with Crippen LogP contribution in [-0.2, 0) is 16.0 Å². The zero-order chi connectivity index (χ0) is 23.0. The van der Waals surface area contributed by atoms with Crippen LogP contribution in [-0.4, -0.2) is 41.4 Å². The van der Waals surface area contributed by atoms with Crippen LogP contribution in [0.4, 0.5) is 0 Å². The van der Waals surface area contributed by atoms with E-state index in [-0.39, 0.29) is 24.0 Å². The molecule has 0 aliphatic rings. The van der Waals surface area contributed by atoms with E-state index in [1.807, 2.05) is 90.1 Å². The van der Waals surface area contributed by atoms with Crippen molar-refractivity contribution in [1.29, 1.82) is 0 Å². The molecule has 1 N–H and O–H groups in total. The number of hydrogen-bond donors (Lipinski definition) is 1. The van der Waals surface area contributed by atoms with Crippen molar-refractivity contribution >= 4 is 11.8 Å². The minimum absolute atomic E-state index is 0.0988. The third-order valence-corrected chi connectivity index (χ3v) is 5.27. The van der Waals surface area contributed by atoms with Crippen LogP contribution >= 0.6 is 0 Å². The van der Waals surface area contributed by atoms with E-state index in [4.69, 9.17) is 4.74 Å². The van der Waals surface area contributed by atoms with Crippen LogP contribution in [0.15, 0.2) is 48.5 Å². The number of carbonyl (C=O) groups is 2. The Morgan fingerprint density at radius 1 is 1.03 bits per heavy atom. The third-order valence-electron chi connectivity index (χ3n) is 5.27. The summed E-state index contributed by atoms with van der Waals surface area (Å²) >= 11 is 0. The fourth-order valence-electron chi connectivity index (χ4n) is 3.45. The molecule has 2 aromatic carbocycles. The Hall–Kier alpha value is -2.82. The zero-order valence-corrected chi connectivity index (χ0v) is 19.7. The van der Waals surface area contributed by atoms with Crippen LogP contribution < -0.4 is 10.1 Å². The lowest BCUT2D eigenvalue weighted by Gasteiger charge is -2.33. The van der Waals surface area contributed by atoms with Crippen molar-refractivity contribution in [3.8, 4) is 5.75 Å². The smallest absolute Gasteiger partial charge is 0.261 e. The van der Waals surface area contributed by atoms with E-state index in [0.717, 1.165) is 16.7 Å². The summed E-state index contributed by atoms with van der Waals surface area (Å²) in [5, 5.41) is 3.02. The average molecular weight is 425 g/mol. The van der Waals surface area contributed by atoms with Crippen molar-refractivity contribution in [3.63, 3.8) is 0 Å². The molecule has 0 fully saturated rings. The standard InChI is InChI=1S/C26H36N2O3/c1-7-22(25(30)27-26(4,5)6)28(17-16-21-13-9-8-10-14-21)24(29)18-31-23-15-11-12-19(2)20(23)3/h8-15,22H,7,16-18H2,1-6H3,(H,27,30). The average Bonchev–Trinajstić information content (AvgIpc) is 2.71. The molecule has 2 aromatic rings. The molecule has 168 valence electrons. The fourth-order valence-corrected chi connectivity index (χ4v) is 3.45. The second-order valence-corrected chi connectivity index (χ2v) is 8.97. The molecular formula is C26H36N2O3. The zero-order valence-electron chi connectivity index (χ0n) is 19.7. The van der Waals surface area contributed by atoms with Gasteiger partial charge in [-0.05, 0) is 70.2 Å². The Kier molecular flexibility index (Phi) is 8.66. The van der Waals surface area contributed by atoms with E-state index in [9.17, 15) is 9.59 Å². The minimum Gasteiger partial charge on any atom is -0.483 e. The molecule has 0 radical (unpaired) electrons. The summed E-state index contributed by atoms with van der Waals surface area (Å²) in [4.78, 5) is 27.9. The molecule has 1 unspecified atom stereocenters. The lowest BCUT2D eigenvalue weighted by molar-refractivity contribution is -0.142. The van der Waals surface area contributed by atoms with Gasteiger partial charge in [0.1, 0.15) is 11.8 Å². The van der Waals surface area contributed by atoms with Gasteiger partial charge in [-0.25, -0.2) is 0 Å². The highest BCUT2D eigenvalue weighted by atomic mass is 16.5. The van der Waals surface area contributed by atoms with E-state index in [1.54, 1.807) is 4.90 Å².